The predicted octanol–water partition coefficient (Wildman–Crippen LogP) is 1.94. The van der Waals surface area contributed by atoms with Gasteiger partial charge in [0.2, 0.25) is 12.3 Å². The number of benzene rings is 1. The Labute approximate surface area is 153 Å². The Kier molecular flexibility index (Phi) is 7.84. The lowest BCUT2D eigenvalue weighted by molar-refractivity contribution is -0.129. The lowest BCUT2D eigenvalue weighted by Gasteiger charge is -2.24. The number of nitrogens with one attached hydrogen (secondary N) is 1. The summed E-state index contributed by atoms with van der Waals surface area (Å²) in [5.41, 5.74) is 0. The molecule has 0 spiro atoms. The zero-order valence-corrected chi connectivity index (χ0v) is 15.7. The first kappa shape index (κ1) is 20.2. The molecule has 1 aliphatic rings. The molecular formula is C17H23N2O6P. The molecule has 0 bridgehead atoms. The topological polar surface area (TPSA) is 94.2 Å². The molecule has 0 saturated carbocycles. The molecule has 4 atom stereocenters. The highest BCUT2D eigenvalue weighted by Crippen LogP contribution is 2.32. The molecule has 1 heterocycles. The van der Waals surface area contributed by atoms with Crippen LogP contribution >= 0.6 is 8.25 Å². The lowest BCUT2D eigenvalue weighted by Crippen LogP contribution is -2.34. The summed E-state index contributed by atoms with van der Waals surface area (Å²) in [6, 6.07) is 8.76. The summed E-state index contributed by atoms with van der Waals surface area (Å²) in [5.74, 6) is 0.181. The molecule has 1 aromatic rings. The van der Waals surface area contributed by atoms with Gasteiger partial charge < -0.3 is 14.6 Å². The Bertz CT molecular complexity index is 654. The van der Waals surface area contributed by atoms with Gasteiger partial charge in [-0.15, -0.1) is 0 Å². The number of ether oxygens (including phenoxy) is 1. The van der Waals surface area contributed by atoms with Crippen molar-refractivity contribution in [2.45, 2.75) is 25.7 Å². The summed E-state index contributed by atoms with van der Waals surface area (Å²) in [7, 11) is -1.19. The second-order valence-electron chi connectivity index (χ2n) is 5.82. The highest BCUT2D eigenvalue weighted by molar-refractivity contribution is 7.33. The number of amides is 2. The number of hydrogen-bond donors (Lipinski definition) is 1. The molecule has 4 unspecified atom stereocenters. The molecule has 1 N–H and O–H groups in total. The Hall–Kier alpha value is -2.15. The molecule has 1 aliphatic heterocycles. The molecule has 142 valence electrons. The number of likely N-dealkylation sites (N-methyl/N-ethyl adjacent to an activating group) is 1. The fourth-order valence-corrected chi connectivity index (χ4v) is 3.29. The fraction of sp³-hybridized carbons (Fsp3) is 0.412. The summed E-state index contributed by atoms with van der Waals surface area (Å²) < 4.78 is 28.2. The second kappa shape index (κ2) is 10.1. The number of rotatable bonds is 9. The third kappa shape index (κ3) is 5.98. The first-order valence-corrected chi connectivity index (χ1v) is 9.43. The second-order valence-corrected chi connectivity index (χ2v) is 6.81. The summed E-state index contributed by atoms with van der Waals surface area (Å²) in [6.45, 7) is 2.02. The van der Waals surface area contributed by atoms with Crippen LogP contribution in [0.3, 0.4) is 0 Å². The molecule has 2 rings (SSSR count). The van der Waals surface area contributed by atoms with Crippen molar-refractivity contribution in [1.29, 1.82) is 0 Å². The standard InChI is InChI=1S/C17H23N2O6P/c1-13-10-15(11-23-26(22)25-14-6-4-3-5-7-14)24-17(13)19(12-20)9-8-16(21)18-2/h3-9,12-13,15,17,26H,10-11H2,1-2H3,(H,18,21)/b9-8-. The van der Waals surface area contributed by atoms with Crippen LogP contribution < -0.4 is 9.84 Å². The molecule has 26 heavy (non-hydrogen) atoms. The van der Waals surface area contributed by atoms with Crippen LogP contribution in [0.2, 0.25) is 0 Å². The normalized spacial score (nSPS) is 23.5. The summed E-state index contributed by atoms with van der Waals surface area (Å²) in [5, 5.41) is 2.43. The summed E-state index contributed by atoms with van der Waals surface area (Å²) >= 11 is 0. The third-order valence-electron chi connectivity index (χ3n) is 3.84. The quantitative estimate of drug-likeness (QED) is 0.399. The van der Waals surface area contributed by atoms with Crippen LogP contribution in [0.5, 0.6) is 5.75 Å². The predicted molar refractivity (Wildman–Crippen MR) is 95.6 cm³/mol. The van der Waals surface area contributed by atoms with Gasteiger partial charge in [0.25, 0.3) is 0 Å². The van der Waals surface area contributed by atoms with E-state index in [-0.39, 0.29) is 24.5 Å². The molecular weight excluding hydrogens is 359 g/mol. The molecule has 0 radical (unpaired) electrons. The molecule has 1 saturated heterocycles. The Morgan fingerprint density at radius 1 is 1.42 bits per heavy atom. The van der Waals surface area contributed by atoms with Crippen molar-refractivity contribution in [1.82, 2.24) is 10.2 Å². The molecule has 2 amide bonds. The Morgan fingerprint density at radius 2 is 2.15 bits per heavy atom. The van der Waals surface area contributed by atoms with Gasteiger partial charge >= 0.3 is 8.25 Å². The van der Waals surface area contributed by atoms with E-state index < -0.39 is 14.5 Å². The highest BCUT2D eigenvalue weighted by atomic mass is 31.1. The maximum atomic E-state index is 11.9. The first-order chi connectivity index (χ1) is 12.5. The van der Waals surface area contributed by atoms with Crippen molar-refractivity contribution in [2.24, 2.45) is 5.92 Å². The molecule has 1 fully saturated rings. The van der Waals surface area contributed by atoms with Crippen molar-refractivity contribution < 1.29 is 27.9 Å². The fourth-order valence-electron chi connectivity index (χ4n) is 2.58. The van der Waals surface area contributed by atoms with Crippen molar-refractivity contribution in [3.05, 3.63) is 42.6 Å². The monoisotopic (exact) mass is 382 g/mol. The van der Waals surface area contributed by atoms with Gasteiger partial charge in [-0.1, -0.05) is 25.1 Å². The SMILES string of the molecule is CNC(=O)/C=C\N(C=O)C1OC(CO[PH](=O)Oc2ccccc2)CC1C. The minimum atomic E-state index is -2.69. The van der Waals surface area contributed by atoms with Crippen LogP contribution in [0, 0.1) is 5.92 Å². The van der Waals surface area contributed by atoms with Gasteiger partial charge in [0, 0.05) is 25.2 Å². The summed E-state index contributed by atoms with van der Waals surface area (Å²) in [4.78, 5) is 23.9. The van der Waals surface area contributed by atoms with E-state index in [2.05, 4.69) is 5.32 Å². The average molecular weight is 382 g/mol. The van der Waals surface area contributed by atoms with Gasteiger partial charge in [0.15, 0.2) is 0 Å². The number of nitrogens with zero attached hydrogens (tertiary/aromatic N) is 1. The van der Waals surface area contributed by atoms with Gasteiger partial charge in [0.05, 0.1) is 12.7 Å². The van der Waals surface area contributed by atoms with E-state index >= 15 is 0 Å². The van der Waals surface area contributed by atoms with Crippen LogP contribution in [0.15, 0.2) is 42.6 Å². The van der Waals surface area contributed by atoms with E-state index in [1.54, 1.807) is 24.3 Å². The van der Waals surface area contributed by atoms with E-state index in [1.807, 2.05) is 13.0 Å². The van der Waals surface area contributed by atoms with Gasteiger partial charge in [-0.2, -0.15) is 0 Å². The van der Waals surface area contributed by atoms with Crippen LogP contribution in [0.1, 0.15) is 13.3 Å². The minimum absolute atomic E-state index is 0.0282. The van der Waals surface area contributed by atoms with Crippen molar-refractivity contribution >= 4 is 20.6 Å². The molecule has 0 aromatic heterocycles. The average Bonchev–Trinajstić information content (AvgIpc) is 3.02. The number of carbonyl (C=O) groups is 2. The molecule has 0 aliphatic carbocycles. The Morgan fingerprint density at radius 3 is 2.81 bits per heavy atom. The van der Waals surface area contributed by atoms with Crippen molar-refractivity contribution in [2.75, 3.05) is 13.7 Å². The summed E-state index contributed by atoms with van der Waals surface area (Å²) in [6.07, 6.45) is 3.02. The third-order valence-corrected chi connectivity index (χ3v) is 4.65. The zero-order valence-electron chi connectivity index (χ0n) is 14.7. The van der Waals surface area contributed by atoms with E-state index in [0.29, 0.717) is 18.6 Å². The first-order valence-electron chi connectivity index (χ1n) is 8.21. The van der Waals surface area contributed by atoms with Gasteiger partial charge in [-0.3, -0.25) is 19.0 Å². The van der Waals surface area contributed by atoms with Crippen LogP contribution in [0.4, 0.5) is 0 Å². The molecule has 1 aromatic carbocycles. The maximum absolute atomic E-state index is 11.9. The van der Waals surface area contributed by atoms with Crippen LogP contribution in [0.25, 0.3) is 0 Å². The van der Waals surface area contributed by atoms with Crippen LogP contribution in [-0.4, -0.2) is 43.2 Å². The largest absolute Gasteiger partial charge is 0.426 e. The van der Waals surface area contributed by atoms with Crippen molar-refractivity contribution in [3.8, 4) is 5.75 Å². The minimum Gasteiger partial charge on any atom is -0.426 e. The van der Waals surface area contributed by atoms with Crippen molar-refractivity contribution in [3.63, 3.8) is 0 Å². The number of hydrogen-bond acceptors (Lipinski definition) is 6. The van der Waals surface area contributed by atoms with Gasteiger partial charge in [-0.05, 0) is 18.6 Å². The lowest BCUT2D eigenvalue weighted by atomic mass is 10.1. The Balaban J connectivity index is 1.83. The number of para-hydroxylation sites is 1. The van der Waals surface area contributed by atoms with E-state index in [1.165, 1.54) is 24.2 Å². The highest BCUT2D eigenvalue weighted by Gasteiger charge is 2.35. The van der Waals surface area contributed by atoms with E-state index in [0.717, 1.165) is 0 Å². The van der Waals surface area contributed by atoms with E-state index in [4.69, 9.17) is 13.8 Å². The van der Waals surface area contributed by atoms with Gasteiger partial charge in [0.1, 0.15) is 12.0 Å². The maximum Gasteiger partial charge on any atom is 0.367 e. The smallest absolute Gasteiger partial charge is 0.367 e. The molecule has 9 heteroatoms. The molecule has 8 nitrogen and oxygen atoms in total. The van der Waals surface area contributed by atoms with E-state index in [9.17, 15) is 14.2 Å². The van der Waals surface area contributed by atoms with Crippen LogP contribution in [-0.2, 0) is 23.4 Å². The van der Waals surface area contributed by atoms with Gasteiger partial charge in [-0.25, -0.2) is 4.57 Å². The zero-order chi connectivity index (χ0) is 18.9. The number of carbonyl (C=O) groups excluding carboxylic acids is 2.